The number of amides is 2. The summed E-state index contributed by atoms with van der Waals surface area (Å²) in [7, 11) is -0.554. The van der Waals surface area contributed by atoms with E-state index in [0.717, 1.165) is 96.3 Å². The van der Waals surface area contributed by atoms with E-state index in [9.17, 15) is 33.6 Å². The van der Waals surface area contributed by atoms with Crippen LogP contribution in [0.5, 0.6) is 0 Å². The van der Waals surface area contributed by atoms with Crippen molar-refractivity contribution in [3.63, 3.8) is 0 Å². The third-order valence-corrected chi connectivity index (χ3v) is 13.2. The van der Waals surface area contributed by atoms with Crippen molar-refractivity contribution in [3.8, 4) is 0 Å². The summed E-state index contributed by atoms with van der Waals surface area (Å²) in [6.07, 6.45) is 36.4. The summed E-state index contributed by atoms with van der Waals surface area (Å²) in [5.41, 5.74) is 0. The van der Waals surface area contributed by atoms with Gasteiger partial charge in [0.2, 0.25) is 11.8 Å². The molecule has 404 valence electrons. The van der Waals surface area contributed by atoms with Crippen LogP contribution in [0.3, 0.4) is 0 Å². The molecule has 0 saturated heterocycles. The van der Waals surface area contributed by atoms with Crippen molar-refractivity contribution in [1.82, 2.24) is 16.0 Å². The predicted octanol–water partition coefficient (Wildman–Crippen LogP) is 13.1. The first-order chi connectivity index (χ1) is 33.7. The molecule has 0 spiro atoms. The molecule has 4 N–H and O–H groups in total. The van der Waals surface area contributed by atoms with Crippen LogP contribution >= 0.6 is 8.69 Å². The van der Waals surface area contributed by atoms with Gasteiger partial charge in [-0.15, -0.1) is 0 Å². The largest absolute Gasteiger partial charge is 0.462 e. The lowest BCUT2D eigenvalue weighted by atomic mass is 10.0. The normalized spacial score (nSPS) is 13.2. The molecular weight excluding hydrogens is 894 g/mol. The first-order valence-electron chi connectivity index (χ1n) is 28.4. The number of unbranched alkanes of at least 4 members (excludes halogenated alkanes) is 27. The third-order valence-electron chi connectivity index (χ3n) is 12.9. The van der Waals surface area contributed by atoms with Gasteiger partial charge in [-0.1, -0.05) is 188 Å². The zero-order valence-electron chi connectivity index (χ0n) is 44.4. The van der Waals surface area contributed by atoms with E-state index in [1.54, 1.807) is 0 Å². The summed E-state index contributed by atoms with van der Waals surface area (Å²) in [4.78, 5) is 64.1. The summed E-state index contributed by atoms with van der Waals surface area (Å²) >= 11 is 0. The second-order valence-electron chi connectivity index (χ2n) is 19.6. The minimum Gasteiger partial charge on any atom is -0.462 e. The maximum Gasteiger partial charge on any atom is 0.328 e. The number of aliphatic hydroxyl groups excluding tert-OH is 1. The Hall–Kier alpha value is -2.47. The van der Waals surface area contributed by atoms with Crippen LogP contribution in [0.25, 0.3) is 0 Å². The minimum absolute atomic E-state index is 0.0000289. The summed E-state index contributed by atoms with van der Waals surface area (Å²) in [6, 6.07) is -1.66. The lowest BCUT2D eigenvalue weighted by Gasteiger charge is -2.23. The van der Waals surface area contributed by atoms with Crippen LogP contribution in [0.4, 0.5) is 0 Å². The molecule has 2 amide bonds. The van der Waals surface area contributed by atoms with Gasteiger partial charge in [0, 0.05) is 19.3 Å². The van der Waals surface area contributed by atoms with Crippen molar-refractivity contribution in [3.05, 3.63) is 0 Å². The number of nitrogens with one attached hydrogen (secondary N) is 3. The number of ether oxygens (including phenoxy) is 2. The van der Waals surface area contributed by atoms with E-state index in [-0.39, 0.29) is 44.4 Å². The Morgan fingerprint density at radius 1 is 0.551 bits per heavy atom. The van der Waals surface area contributed by atoms with Crippen molar-refractivity contribution in [2.45, 2.75) is 295 Å². The Morgan fingerprint density at radius 2 is 1.04 bits per heavy atom. The molecule has 13 nitrogen and oxygen atoms in total. The molecule has 0 fully saturated rings. The van der Waals surface area contributed by atoms with Gasteiger partial charge in [-0.05, 0) is 64.5 Å². The Bertz CT molecular complexity index is 1230. The Labute approximate surface area is 422 Å². The van der Waals surface area contributed by atoms with Crippen LogP contribution < -0.4 is 16.0 Å². The lowest BCUT2D eigenvalue weighted by Crippen LogP contribution is -2.46. The zero-order valence-corrected chi connectivity index (χ0v) is 45.3. The summed E-state index contributed by atoms with van der Waals surface area (Å²) < 4.78 is 27.8. The van der Waals surface area contributed by atoms with E-state index >= 15 is 0 Å². The number of hydrogen-bond donors (Lipinski definition) is 4. The smallest absolute Gasteiger partial charge is 0.328 e. The van der Waals surface area contributed by atoms with Gasteiger partial charge in [-0.3, -0.25) is 18.9 Å². The number of hydrogen-bond acceptors (Lipinski definition) is 11. The van der Waals surface area contributed by atoms with Gasteiger partial charge >= 0.3 is 20.6 Å². The Morgan fingerprint density at radius 3 is 1.59 bits per heavy atom. The number of aliphatic hydroxyl groups is 1. The summed E-state index contributed by atoms with van der Waals surface area (Å²) in [6.45, 7) is 7.91. The van der Waals surface area contributed by atoms with Gasteiger partial charge in [-0.2, -0.15) is 0 Å². The standard InChI is InChI=1S/C55H104N3O10P/c1-4-7-10-13-16-19-22-25-30-37-49(60)45-52(61)57-48(36-35-42-56-41-33-28-29-34-43-59)47-66-55(64)51(40-44-67-69-65)58-53(62)46-50(38-31-26-23-20-17-14-11-8-5-2)68-54(63)39-32-27-24-21-18-15-12-9-6-3/h43,48-51,56,60H,4-42,44-47H2,1-3H3,(H,57,61)(H,58,62)/t48?,49-,50-,51?/m1/s1. The SMILES string of the molecule is CCCCCCCCCCCC(=O)O[C@H](CCCCCCCCCCC)CC(=O)NC(CCOP=O)C(=O)OCC(CCCNCCCCCC=O)NC(=O)C[C@H](O)CCCCCCCCCCC. The number of carbonyl (C=O) groups excluding carboxylic acids is 5. The molecule has 0 aliphatic heterocycles. The number of carbonyl (C=O) groups is 5. The molecule has 0 saturated carbocycles. The molecule has 0 aromatic rings. The van der Waals surface area contributed by atoms with E-state index in [0.29, 0.717) is 45.1 Å². The van der Waals surface area contributed by atoms with Crippen LogP contribution in [-0.4, -0.2) is 85.7 Å². The Balaban J connectivity index is 5.52. The lowest BCUT2D eigenvalue weighted by molar-refractivity contribution is -0.153. The molecule has 0 aromatic heterocycles. The van der Waals surface area contributed by atoms with Crippen LogP contribution in [0.15, 0.2) is 0 Å². The highest BCUT2D eigenvalue weighted by Crippen LogP contribution is 2.18. The highest BCUT2D eigenvalue weighted by atomic mass is 31.1. The van der Waals surface area contributed by atoms with Crippen LogP contribution in [-0.2, 0) is 42.5 Å². The summed E-state index contributed by atoms with van der Waals surface area (Å²) in [5.74, 6) is -1.80. The molecule has 2 unspecified atom stereocenters. The van der Waals surface area contributed by atoms with Gasteiger partial charge in [-0.25, -0.2) is 9.36 Å². The maximum atomic E-state index is 13.7. The fraction of sp³-hybridized carbons (Fsp3) is 0.909. The number of aldehydes is 1. The van der Waals surface area contributed by atoms with E-state index in [1.807, 2.05) is 0 Å². The van der Waals surface area contributed by atoms with Crippen molar-refractivity contribution < 1.29 is 47.6 Å². The van der Waals surface area contributed by atoms with Gasteiger partial charge in [0.1, 0.15) is 25.0 Å². The monoisotopic (exact) mass is 998 g/mol. The van der Waals surface area contributed by atoms with Gasteiger partial charge < -0.3 is 35.3 Å². The van der Waals surface area contributed by atoms with E-state index in [1.165, 1.54) is 109 Å². The fourth-order valence-electron chi connectivity index (χ4n) is 8.65. The molecule has 69 heavy (non-hydrogen) atoms. The van der Waals surface area contributed by atoms with E-state index in [2.05, 4.69) is 36.7 Å². The van der Waals surface area contributed by atoms with Crippen molar-refractivity contribution in [2.75, 3.05) is 26.3 Å². The van der Waals surface area contributed by atoms with Crippen LogP contribution in [0, 0.1) is 0 Å². The molecule has 0 aliphatic carbocycles. The van der Waals surface area contributed by atoms with Crippen molar-refractivity contribution in [1.29, 1.82) is 0 Å². The van der Waals surface area contributed by atoms with Crippen LogP contribution in [0.2, 0.25) is 0 Å². The molecule has 0 radical (unpaired) electrons. The second kappa shape index (κ2) is 51.9. The second-order valence-corrected chi connectivity index (χ2v) is 20.0. The first-order valence-corrected chi connectivity index (χ1v) is 29.1. The predicted molar refractivity (Wildman–Crippen MR) is 280 cm³/mol. The molecule has 0 heterocycles. The Kier molecular flexibility index (Phi) is 50.0. The highest BCUT2D eigenvalue weighted by molar-refractivity contribution is 7.17. The molecule has 0 bridgehead atoms. The van der Waals surface area contributed by atoms with Crippen molar-refractivity contribution >= 4 is 38.7 Å². The van der Waals surface area contributed by atoms with E-state index < -0.39 is 44.9 Å². The molecule has 14 heteroatoms. The average molecular weight is 998 g/mol. The van der Waals surface area contributed by atoms with Gasteiger partial charge in [0.15, 0.2) is 0 Å². The fourth-order valence-corrected chi connectivity index (χ4v) is 8.83. The average Bonchev–Trinajstić information content (AvgIpc) is 3.33. The first kappa shape index (κ1) is 66.5. The number of esters is 2. The molecular formula is C55H104N3O10P. The van der Waals surface area contributed by atoms with E-state index in [4.69, 9.17) is 14.0 Å². The maximum absolute atomic E-state index is 13.7. The van der Waals surface area contributed by atoms with Gasteiger partial charge in [0.25, 0.3) is 0 Å². The molecule has 4 atom stereocenters. The molecule has 0 aliphatic rings. The minimum atomic E-state index is -1.12. The van der Waals surface area contributed by atoms with Crippen molar-refractivity contribution in [2.24, 2.45) is 0 Å². The third kappa shape index (κ3) is 46.4. The summed E-state index contributed by atoms with van der Waals surface area (Å²) in [5, 5.41) is 19.9. The quantitative estimate of drug-likeness (QED) is 0.0197. The molecule has 0 rings (SSSR count). The zero-order chi connectivity index (χ0) is 50.7. The van der Waals surface area contributed by atoms with Gasteiger partial charge in [0.05, 0.1) is 31.6 Å². The topological polar surface area (TPSA) is 186 Å². The molecule has 0 aromatic carbocycles. The number of rotatable bonds is 54. The highest BCUT2D eigenvalue weighted by Gasteiger charge is 2.27. The van der Waals surface area contributed by atoms with Crippen LogP contribution in [0.1, 0.15) is 271 Å².